The van der Waals surface area contributed by atoms with E-state index in [-0.39, 0.29) is 11.8 Å². The van der Waals surface area contributed by atoms with Gasteiger partial charge in [0, 0.05) is 6.04 Å². The van der Waals surface area contributed by atoms with Gasteiger partial charge >= 0.3 is 0 Å². The summed E-state index contributed by atoms with van der Waals surface area (Å²) in [6.45, 7) is 3.33. The first-order valence-electron chi connectivity index (χ1n) is 4.72. The second-order valence-electron chi connectivity index (χ2n) is 3.69. The van der Waals surface area contributed by atoms with Gasteiger partial charge in [0.1, 0.15) is 11.9 Å². The van der Waals surface area contributed by atoms with Gasteiger partial charge in [-0.25, -0.2) is 4.39 Å². The molecular formula is C11H16FNO. The van der Waals surface area contributed by atoms with Crippen molar-refractivity contribution in [3.63, 3.8) is 0 Å². The zero-order valence-electron chi connectivity index (χ0n) is 8.50. The van der Waals surface area contributed by atoms with Crippen molar-refractivity contribution in [1.82, 2.24) is 0 Å². The number of hydrogen-bond acceptors (Lipinski definition) is 2. The summed E-state index contributed by atoms with van der Waals surface area (Å²) in [6, 6.07) is 4.74. The van der Waals surface area contributed by atoms with Crippen LogP contribution in [0.15, 0.2) is 18.2 Å². The van der Waals surface area contributed by atoms with E-state index in [1.165, 1.54) is 13.0 Å². The summed E-state index contributed by atoms with van der Waals surface area (Å²) in [5, 5.41) is 9.49. The van der Waals surface area contributed by atoms with Gasteiger partial charge in [-0.05, 0) is 43.5 Å². The molecule has 3 N–H and O–H groups in total. The SMILES string of the molecule is CC(N)Cc1cc(C(C)F)ccc1O. The summed E-state index contributed by atoms with van der Waals surface area (Å²) in [4.78, 5) is 0. The smallest absolute Gasteiger partial charge is 0.122 e. The molecule has 0 bridgehead atoms. The van der Waals surface area contributed by atoms with E-state index in [2.05, 4.69) is 0 Å². The normalized spacial score (nSPS) is 15.1. The van der Waals surface area contributed by atoms with Gasteiger partial charge in [-0.1, -0.05) is 6.07 Å². The summed E-state index contributed by atoms with van der Waals surface area (Å²) in [6.07, 6.45) is -0.450. The Kier molecular flexibility index (Phi) is 3.47. The maximum atomic E-state index is 13.0. The first-order chi connectivity index (χ1) is 6.50. The Morgan fingerprint density at radius 3 is 2.57 bits per heavy atom. The van der Waals surface area contributed by atoms with Gasteiger partial charge in [0.05, 0.1) is 0 Å². The first-order valence-corrected chi connectivity index (χ1v) is 4.72. The molecule has 0 aliphatic carbocycles. The average Bonchev–Trinajstić information content (AvgIpc) is 2.07. The minimum atomic E-state index is -1.01. The fraction of sp³-hybridized carbons (Fsp3) is 0.455. The second-order valence-corrected chi connectivity index (χ2v) is 3.69. The number of phenolic OH excluding ortho intramolecular Hbond substituents is 1. The van der Waals surface area contributed by atoms with Crippen LogP contribution in [0.4, 0.5) is 4.39 Å². The predicted molar refractivity (Wildman–Crippen MR) is 55.0 cm³/mol. The summed E-state index contributed by atoms with van der Waals surface area (Å²) >= 11 is 0. The van der Waals surface area contributed by atoms with Gasteiger partial charge in [0.15, 0.2) is 0 Å². The number of phenols is 1. The third-order valence-corrected chi connectivity index (χ3v) is 2.10. The van der Waals surface area contributed by atoms with E-state index in [1.54, 1.807) is 12.1 Å². The number of nitrogens with two attached hydrogens (primary N) is 1. The Morgan fingerprint density at radius 1 is 1.43 bits per heavy atom. The lowest BCUT2D eigenvalue weighted by molar-refractivity contribution is 0.373. The molecule has 0 heterocycles. The van der Waals surface area contributed by atoms with Crippen LogP contribution in [-0.2, 0) is 6.42 Å². The van der Waals surface area contributed by atoms with Crippen LogP contribution in [0.2, 0.25) is 0 Å². The van der Waals surface area contributed by atoms with Gasteiger partial charge in [-0.2, -0.15) is 0 Å². The zero-order valence-corrected chi connectivity index (χ0v) is 8.50. The van der Waals surface area contributed by atoms with Crippen LogP contribution in [-0.4, -0.2) is 11.1 Å². The van der Waals surface area contributed by atoms with Gasteiger partial charge in [0.25, 0.3) is 0 Å². The van der Waals surface area contributed by atoms with Crippen molar-refractivity contribution in [3.05, 3.63) is 29.3 Å². The van der Waals surface area contributed by atoms with E-state index in [4.69, 9.17) is 5.73 Å². The highest BCUT2D eigenvalue weighted by molar-refractivity contribution is 5.37. The summed E-state index contributed by atoms with van der Waals surface area (Å²) in [7, 11) is 0. The zero-order chi connectivity index (χ0) is 10.7. The van der Waals surface area contributed by atoms with Crippen molar-refractivity contribution in [2.45, 2.75) is 32.5 Å². The van der Waals surface area contributed by atoms with Crippen LogP contribution in [0.1, 0.15) is 31.1 Å². The maximum Gasteiger partial charge on any atom is 0.122 e. The number of hydrogen-bond donors (Lipinski definition) is 2. The van der Waals surface area contributed by atoms with Crippen molar-refractivity contribution in [3.8, 4) is 5.75 Å². The molecule has 0 amide bonds. The fourth-order valence-corrected chi connectivity index (χ4v) is 1.36. The van der Waals surface area contributed by atoms with E-state index in [9.17, 15) is 9.50 Å². The quantitative estimate of drug-likeness (QED) is 0.781. The summed E-state index contributed by atoms with van der Waals surface area (Å²) < 4.78 is 13.0. The van der Waals surface area contributed by atoms with Crippen molar-refractivity contribution in [2.24, 2.45) is 5.73 Å². The van der Waals surface area contributed by atoms with Crippen LogP contribution in [0, 0.1) is 0 Å². The average molecular weight is 197 g/mol. The minimum absolute atomic E-state index is 0.0360. The summed E-state index contributed by atoms with van der Waals surface area (Å²) in [5.41, 5.74) is 6.91. The molecule has 2 nitrogen and oxygen atoms in total. The van der Waals surface area contributed by atoms with Crippen LogP contribution in [0.3, 0.4) is 0 Å². The fourth-order valence-electron chi connectivity index (χ4n) is 1.36. The van der Waals surface area contributed by atoms with E-state index in [1.807, 2.05) is 6.92 Å². The van der Waals surface area contributed by atoms with Gasteiger partial charge < -0.3 is 10.8 Å². The highest BCUT2D eigenvalue weighted by atomic mass is 19.1. The molecule has 0 spiro atoms. The molecule has 0 saturated heterocycles. The number of aromatic hydroxyl groups is 1. The Balaban J connectivity index is 2.96. The lowest BCUT2D eigenvalue weighted by Gasteiger charge is -2.10. The molecule has 0 saturated carbocycles. The molecule has 1 rings (SSSR count). The molecule has 14 heavy (non-hydrogen) atoms. The van der Waals surface area contributed by atoms with Gasteiger partial charge in [-0.3, -0.25) is 0 Å². The molecule has 2 unspecified atom stereocenters. The Labute approximate surface area is 83.6 Å². The van der Waals surface area contributed by atoms with Crippen LogP contribution >= 0.6 is 0 Å². The maximum absolute atomic E-state index is 13.0. The number of rotatable bonds is 3. The minimum Gasteiger partial charge on any atom is -0.508 e. The number of alkyl halides is 1. The standard InChI is InChI=1S/C11H16FNO/c1-7(13)5-10-6-9(8(2)12)3-4-11(10)14/h3-4,6-8,14H,5,13H2,1-2H3. The molecule has 1 aromatic carbocycles. The van der Waals surface area contributed by atoms with Crippen molar-refractivity contribution < 1.29 is 9.50 Å². The van der Waals surface area contributed by atoms with E-state index in [0.717, 1.165) is 0 Å². The van der Waals surface area contributed by atoms with E-state index in [0.29, 0.717) is 17.5 Å². The molecule has 0 radical (unpaired) electrons. The van der Waals surface area contributed by atoms with Crippen molar-refractivity contribution in [1.29, 1.82) is 0 Å². The monoisotopic (exact) mass is 197 g/mol. The number of benzene rings is 1. The highest BCUT2D eigenvalue weighted by Gasteiger charge is 2.08. The lowest BCUT2D eigenvalue weighted by Crippen LogP contribution is -2.17. The molecule has 1 aromatic rings. The Hall–Kier alpha value is -1.09. The topological polar surface area (TPSA) is 46.2 Å². The third kappa shape index (κ3) is 2.70. The van der Waals surface area contributed by atoms with Crippen LogP contribution < -0.4 is 5.73 Å². The lowest BCUT2D eigenvalue weighted by atomic mass is 10.0. The number of halogens is 1. The third-order valence-electron chi connectivity index (χ3n) is 2.10. The molecule has 3 heteroatoms. The van der Waals surface area contributed by atoms with E-state index >= 15 is 0 Å². The van der Waals surface area contributed by atoms with Crippen LogP contribution in [0.25, 0.3) is 0 Å². The molecule has 78 valence electrons. The Morgan fingerprint density at radius 2 is 2.07 bits per heavy atom. The highest BCUT2D eigenvalue weighted by Crippen LogP contribution is 2.24. The van der Waals surface area contributed by atoms with E-state index < -0.39 is 6.17 Å². The molecule has 2 atom stereocenters. The first kappa shape index (κ1) is 11.0. The van der Waals surface area contributed by atoms with Gasteiger partial charge in [0.2, 0.25) is 0 Å². The van der Waals surface area contributed by atoms with Crippen molar-refractivity contribution in [2.75, 3.05) is 0 Å². The second kappa shape index (κ2) is 4.42. The molecule has 0 fully saturated rings. The summed E-state index contributed by atoms with van der Waals surface area (Å²) in [5.74, 6) is 0.187. The van der Waals surface area contributed by atoms with Crippen LogP contribution in [0.5, 0.6) is 5.75 Å². The molecular weight excluding hydrogens is 181 g/mol. The predicted octanol–water partition coefficient (Wildman–Crippen LogP) is 2.31. The molecule has 0 aromatic heterocycles. The largest absolute Gasteiger partial charge is 0.508 e. The van der Waals surface area contributed by atoms with Crippen molar-refractivity contribution >= 4 is 0 Å². The molecule has 0 aliphatic heterocycles. The van der Waals surface area contributed by atoms with Gasteiger partial charge in [-0.15, -0.1) is 0 Å². The Bertz CT molecular complexity index is 310. The molecule has 0 aliphatic rings.